The first-order valence-corrected chi connectivity index (χ1v) is 10.3. The molecule has 3 rings (SSSR count). The molecule has 3 aromatic carbocycles. The zero-order valence-corrected chi connectivity index (χ0v) is 18.1. The lowest BCUT2D eigenvalue weighted by atomic mass is 9.87. The van der Waals surface area contributed by atoms with Gasteiger partial charge in [-0.05, 0) is 58.5 Å². The molecule has 0 saturated heterocycles. The van der Waals surface area contributed by atoms with Crippen LogP contribution in [0.3, 0.4) is 0 Å². The zero-order valence-electron chi connectivity index (χ0n) is 18.1. The largest absolute Gasteiger partial charge is 0.496 e. The molecule has 3 aromatic rings. The minimum Gasteiger partial charge on any atom is -0.496 e. The second-order valence-electron chi connectivity index (χ2n) is 7.19. The number of nitrogen functional groups attached to an aromatic ring is 1. The lowest BCUT2D eigenvalue weighted by molar-refractivity contribution is -0.131. The molecule has 0 saturated carbocycles. The van der Waals surface area contributed by atoms with Crippen molar-refractivity contribution >= 4 is 35.1 Å². The molecule has 0 spiro atoms. The molecule has 0 atom stereocenters. The number of hydrogen-bond donors (Lipinski definition) is 3. The van der Waals surface area contributed by atoms with Crippen LogP contribution in [0.15, 0.2) is 72.8 Å². The van der Waals surface area contributed by atoms with Crippen molar-refractivity contribution in [2.45, 2.75) is 13.3 Å². The highest BCUT2D eigenvalue weighted by molar-refractivity contribution is 6.00. The number of hydrogen-bond acceptors (Lipinski definition) is 4. The van der Waals surface area contributed by atoms with Crippen LogP contribution in [0.1, 0.15) is 41.2 Å². The Morgan fingerprint density at radius 3 is 2.31 bits per heavy atom. The van der Waals surface area contributed by atoms with Crippen LogP contribution in [0.4, 0.5) is 5.69 Å². The van der Waals surface area contributed by atoms with Gasteiger partial charge >= 0.3 is 5.97 Å². The molecule has 4 N–H and O–H groups in total. The van der Waals surface area contributed by atoms with Crippen LogP contribution >= 0.6 is 0 Å². The van der Waals surface area contributed by atoms with E-state index in [1.165, 1.54) is 12.3 Å². The van der Waals surface area contributed by atoms with Crippen molar-refractivity contribution < 1.29 is 14.6 Å². The molecule has 0 aliphatic rings. The topological polar surface area (TPSA) is 96.4 Å². The quantitative estimate of drug-likeness (QED) is 0.185. The van der Waals surface area contributed by atoms with Gasteiger partial charge < -0.3 is 21.0 Å². The SMILES string of the molecule is CC/C(=C(\c1ccc(N)c(C=N)c1)c1ccc(/C=C/C(=O)O)c(OC)c1)c1ccccc1. The molecule has 0 radical (unpaired) electrons. The van der Waals surface area contributed by atoms with Crippen molar-refractivity contribution in [1.29, 1.82) is 5.41 Å². The molecule has 0 bridgehead atoms. The molecule has 0 amide bonds. The lowest BCUT2D eigenvalue weighted by Gasteiger charge is -2.18. The van der Waals surface area contributed by atoms with Crippen molar-refractivity contribution in [1.82, 2.24) is 0 Å². The highest BCUT2D eigenvalue weighted by Gasteiger charge is 2.16. The molecular formula is C27H26N2O3. The smallest absolute Gasteiger partial charge is 0.328 e. The Kier molecular flexibility index (Phi) is 7.24. The number of nitrogens with one attached hydrogen (secondary N) is 1. The van der Waals surface area contributed by atoms with Crippen LogP contribution in [-0.4, -0.2) is 24.4 Å². The van der Waals surface area contributed by atoms with Gasteiger partial charge in [0.25, 0.3) is 0 Å². The summed E-state index contributed by atoms with van der Waals surface area (Å²) >= 11 is 0. The van der Waals surface area contributed by atoms with Gasteiger partial charge in [0.15, 0.2) is 0 Å². The van der Waals surface area contributed by atoms with Crippen LogP contribution in [0.2, 0.25) is 0 Å². The van der Waals surface area contributed by atoms with Crippen molar-refractivity contribution in [3.63, 3.8) is 0 Å². The molecular weight excluding hydrogens is 400 g/mol. The second-order valence-corrected chi connectivity index (χ2v) is 7.19. The van der Waals surface area contributed by atoms with E-state index >= 15 is 0 Å². The number of ether oxygens (including phenoxy) is 1. The van der Waals surface area contributed by atoms with E-state index in [0.717, 1.165) is 40.3 Å². The number of aliphatic carboxylic acids is 1. The number of carboxylic acid groups (broad SMARTS) is 1. The number of methoxy groups -OCH3 is 1. The standard InChI is InChI=1S/C27H26N2O3/c1-3-23(18-7-5-4-6-8-18)27(20-11-13-24(29)22(15-20)17-28)21-10-9-19(12-14-26(30)31)25(16-21)32-2/h4-17,28H,3,29H2,1-2H3,(H,30,31)/b14-12+,27-23-,28-17?. The highest BCUT2D eigenvalue weighted by Crippen LogP contribution is 2.37. The number of carbonyl (C=O) groups is 1. The highest BCUT2D eigenvalue weighted by atomic mass is 16.5. The Balaban J connectivity index is 2.30. The van der Waals surface area contributed by atoms with Gasteiger partial charge in [-0.25, -0.2) is 4.79 Å². The molecule has 5 nitrogen and oxygen atoms in total. The number of nitrogens with two attached hydrogens (primary N) is 1. The Morgan fingerprint density at radius 2 is 1.69 bits per heavy atom. The summed E-state index contributed by atoms with van der Waals surface area (Å²) in [6.07, 6.45) is 4.65. The molecule has 32 heavy (non-hydrogen) atoms. The van der Waals surface area contributed by atoms with E-state index < -0.39 is 5.97 Å². The summed E-state index contributed by atoms with van der Waals surface area (Å²) in [5.41, 5.74) is 13.0. The van der Waals surface area contributed by atoms with Gasteiger partial charge in [0.05, 0.1) is 7.11 Å². The Labute approximate surface area is 188 Å². The molecule has 0 aliphatic heterocycles. The summed E-state index contributed by atoms with van der Waals surface area (Å²) in [5, 5.41) is 16.7. The maximum absolute atomic E-state index is 10.9. The third-order valence-electron chi connectivity index (χ3n) is 5.24. The van der Waals surface area contributed by atoms with E-state index in [4.69, 9.17) is 21.0 Å². The van der Waals surface area contributed by atoms with E-state index in [1.54, 1.807) is 7.11 Å². The maximum atomic E-state index is 10.9. The third kappa shape index (κ3) is 4.95. The molecule has 0 aromatic heterocycles. The molecule has 0 heterocycles. The fourth-order valence-electron chi connectivity index (χ4n) is 3.70. The Hall–Kier alpha value is -4.12. The van der Waals surface area contributed by atoms with Gasteiger partial charge in [-0.1, -0.05) is 55.5 Å². The molecule has 0 fully saturated rings. The van der Waals surface area contributed by atoms with Gasteiger partial charge in [0.1, 0.15) is 5.75 Å². The summed E-state index contributed by atoms with van der Waals surface area (Å²) in [6.45, 7) is 2.11. The van der Waals surface area contributed by atoms with Gasteiger partial charge in [0, 0.05) is 29.1 Å². The second kappa shape index (κ2) is 10.3. The van der Waals surface area contributed by atoms with E-state index in [9.17, 15) is 4.79 Å². The lowest BCUT2D eigenvalue weighted by Crippen LogP contribution is -2.00. The molecule has 5 heteroatoms. The van der Waals surface area contributed by atoms with Crippen LogP contribution < -0.4 is 10.5 Å². The van der Waals surface area contributed by atoms with E-state index in [1.807, 2.05) is 54.6 Å². The summed E-state index contributed by atoms with van der Waals surface area (Å²) < 4.78 is 5.56. The van der Waals surface area contributed by atoms with Crippen LogP contribution in [0.5, 0.6) is 5.75 Å². The first-order valence-electron chi connectivity index (χ1n) is 10.3. The maximum Gasteiger partial charge on any atom is 0.328 e. The van der Waals surface area contributed by atoms with Crippen molar-refractivity contribution in [2.24, 2.45) is 0 Å². The van der Waals surface area contributed by atoms with Crippen molar-refractivity contribution in [3.05, 3.63) is 101 Å². The third-order valence-corrected chi connectivity index (χ3v) is 5.24. The average Bonchev–Trinajstić information content (AvgIpc) is 2.82. The normalized spacial score (nSPS) is 11.8. The number of rotatable bonds is 8. The monoisotopic (exact) mass is 426 g/mol. The predicted molar refractivity (Wildman–Crippen MR) is 131 cm³/mol. The summed E-state index contributed by atoms with van der Waals surface area (Å²) in [7, 11) is 1.56. The fourth-order valence-corrected chi connectivity index (χ4v) is 3.70. The summed E-state index contributed by atoms with van der Waals surface area (Å²) in [4.78, 5) is 10.9. The predicted octanol–water partition coefficient (Wildman–Crippen LogP) is 5.74. The number of anilines is 1. The van der Waals surface area contributed by atoms with E-state index in [2.05, 4.69) is 19.1 Å². The van der Waals surface area contributed by atoms with Crippen LogP contribution in [0.25, 0.3) is 17.2 Å². The van der Waals surface area contributed by atoms with Crippen LogP contribution in [0, 0.1) is 5.41 Å². The Morgan fingerprint density at radius 1 is 1.00 bits per heavy atom. The van der Waals surface area contributed by atoms with Crippen LogP contribution in [-0.2, 0) is 4.79 Å². The van der Waals surface area contributed by atoms with Crippen molar-refractivity contribution in [2.75, 3.05) is 12.8 Å². The number of allylic oxidation sites excluding steroid dienone is 1. The molecule has 0 aliphatic carbocycles. The Bertz CT molecular complexity index is 1190. The first-order chi connectivity index (χ1) is 15.5. The van der Waals surface area contributed by atoms with Gasteiger partial charge in [-0.3, -0.25) is 0 Å². The molecule has 0 unspecified atom stereocenters. The minimum atomic E-state index is -1.02. The minimum absolute atomic E-state index is 0.549. The zero-order chi connectivity index (χ0) is 23.1. The average molecular weight is 427 g/mol. The fraction of sp³-hybridized carbons (Fsp3) is 0.111. The van der Waals surface area contributed by atoms with Crippen molar-refractivity contribution in [3.8, 4) is 5.75 Å². The number of carboxylic acids is 1. The first kappa shape index (κ1) is 22.6. The van der Waals surface area contributed by atoms with E-state index in [-0.39, 0.29) is 0 Å². The number of benzene rings is 3. The summed E-state index contributed by atoms with van der Waals surface area (Å²) in [5.74, 6) is -0.446. The van der Waals surface area contributed by atoms with E-state index in [0.29, 0.717) is 22.6 Å². The van der Waals surface area contributed by atoms with Gasteiger partial charge in [0.2, 0.25) is 0 Å². The summed E-state index contributed by atoms with van der Waals surface area (Å²) in [6, 6.07) is 21.6. The van der Waals surface area contributed by atoms with Gasteiger partial charge in [-0.2, -0.15) is 0 Å². The molecule has 162 valence electrons. The van der Waals surface area contributed by atoms with Gasteiger partial charge in [-0.15, -0.1) is 0 Å².